The van der Waals surface area contributed by atoms with Crippen LogP contribution in [0.3, 0.4) is 0 Å². The van der Waals surface area contributed by atoms with Crippen molar-refractivity contribution in [3.05, 3.63) is 27.2 Å². The lowest BCUT2D eigenvalue weighted by Gasteiger charge is -2.29. The van der Waals surface area contributed by atoms with Crippen LogP contribution in [0.15, 0.2) is 4.79 Å². The van der Waals surface area contributed by atoms with Crippen molar-refractivity contribution >= 4 is 5.91 Å². The summed E-state index contributed by atoms with van der Waals surface area (Å²) in [6.45, 7) is 11.9. The molecule has 1 aromatic heterocycles. The summed E-state index contributed by atoms with van der Waals surface area (Å²) in [5.74, 6) is 0.478. The van der Waals surface area contributed by atoms with E-state index in [4.69, 9.17) is 0 Å². The molecule has 0 bridgehead atoms. The molecule has 5 heteroatoms. The Morgan fingerprint density at radius 1 is 1.17 bits per heavy atom. The van der Waals surface area contributed by atoms with Crippen LogP contribution in [-0.4, -0.2) is 33.7 Å². The van der Waals surface area contributed by atoms with E-state index in [0.717, 1.165) is 38.0 Å². The Bertz CT molecular complexity index is 655. The molecule has 1 aromatic rings. The molecule has 0 spiro atoms. The number of hydrogen-bond acceptors (Lipinski definition) is 3. The molecule has 1 aliphatic heterocycles. The molecule has 2 rings (SSSR count). The Labute approximate surface area is 138 Å². The van der Waals surface area contributed by atoms with Crippen LogP contribution >= 0.6 is 0 Å². The number of rotatable bonds is 1. The monoisotopic (exact) mass is 319 g/mol. The first-order valence-corrected chi connectivity index (χ1v) is 8.46. The molecule has 1 unspecified atom stereocenters. The molecule has 2 heterocycles. The summed E-state index contributed by atoms with van der Waals surface area (Å²) in [7, 11) is 1.60. The molecule has 1 atom stereocenters. The topological polar surface area (TPSA) is 55.2 Å². The van der Waals surface area contributed by atoms with Crippen molar-refractivity contribution in [3.63, 3.8) is 0 Å². The van der Waals surface area contributed by atoms with Gasteiger partial charge in [-0.25, -0.2) is 4.68 Å². The third-order valence-electron chi connectivity index (χ3n) is 5.18. The summed E-state index contributed by atoms with van der Waals surface area (Å²) in [6, 6.07) is 0. The molecular formula is C18H29N3O2. The Morgan fingerprint density at radius 2 is 1.83 bits per heavy atom. The number of aromatic nitrogens is 2. The molecule has 1 fully saturated rings. The molecule has 0 saturated carbocycles. The first-order valence-electron chi connectivity index (χ1n) is 8.46. The van der Waals surface area contributed by atoms with Crippen LogP contribution in [0, 0.1) is 25.2 Å². The summed E-state index contributed by atoms with van der Waals surface area (Å²) < 4.78 is 1.27. The molecular weight excluding hydrogens is 290 g/mol. The molecule has 1 aliphatic rings. The third-order valence-corrected chi connectivity index (χ3v) is 5.18. The summed E-state index contributed by atoms with van der Waals surface area (Å²) in [4.78, 5) is 27.2. The van der Waals surface area contributed by atoms with Crippen molar-refractivity contribution in [3.8, 4) is 0 Å². The summed E-state index contributed by atoms with van der Waals surface area (Å²) in [5.41, 5.74) is 1.69. The lowest BCUT2D eigenvalue weighted by Crippen LogP contribution is -2.39. The normalized spacial score (nSPS) is 19.6. The van der Waals surface area contributed by atoms with Crippen LogP contribution in [0.2, 0.25) is 0 Å². The molecule has 23 heavy (non-hydrogen) atoms. The molecule has 128 valence electrons. The number of likely N-dealkylation sites (tertiary alicyclic amines) is 1. The second kappa shape index (κ2) is 6.46. The van der Waals surface area contributed by atoms with Crippen molar-refractivity contribution in [2.75, 3.05) is 13.1 Å². The Morgan fingerprint density at radius 3 is 2.43 bits per heavy atom. The van der Waals surface area contributed by atoms with E-state index in [1.165, 1.54) is 4.68 Å². The molecule has 1 saturated heterocycles. The minimum atomic E-state index is -0.297. The highest BCUT2D eigenvalue weighted by molar-refractivity contribution is 5.95. The van der Waals surface area contributed by atoms with Gasteiger partial charge in [-0.1, -0.05) is 20.8 Å². The quantitative estimate of drug-likeness (QED) is 0.799. The van der Waals surface area contributed by atoms with E-state index in [-0.39, 0.29) is 22.4 Å². The predicted molar refractivity (Wildman–Crippen MR) is 91.7 cm³/mol. The van der Waals surface area contributed by atoms with Crippen molar-refractivity contribution < 1.29 is 4.79 Å². The molecule has 0 N–H and O–H groups in total. The van der Waals surface area contributed by atoms with Crippen LogP contribution in [0.5, 0.6) is 0 Å². The van der Waals surface area contributed by atoms with Crippen LogP contribution in [0.1, 0.15) is 61.6 Å². The summed E-state index contributed by atoms with van der Waals surface area (Å²) in [6.07, 6.45) is 3.13. The highest BCUT2D eigenvalue weighted by Crippen LogP contribution is 2.34. The van der Waals surface area contributed by atoms with Gasteiger partial charge >= 0.3 is 0 Å². The van der Waals surface area contributed by atoms with Gasteiger partial charge in [0.2, 0.25) is 0 Å². The minimum Gasteiger partial charge on any atom is -0.338 e. The summed E-state index contributed by atoms with van der Waals surface area (Å²) >= 11 is 0. The first kappa shape index (κ1) is 17.7. The maximum Gasteiger partial charge on any atom is 0.279 e. The van der Waals surface area contributed by atoms with E-state index in [9.17, 15) is 9.59 Å². The fourth-order valence-electron chi connectivity index (χ4n) is 3.42. The number of amides is 1. The summed E-state index contributed by atoms with van der Waals surface area (Å²) in [5, 5.41) is 4.16. The molecule has 1 amide bonds. The fourth-order valence-corrected chi connectivity index (χ4v) is 3.42. The highest BCUT2D eigenvalue weighted by Gasteiger charge is 2.30. The average Bonchev–Trinajstić information content (AvgIpc) is 2.71. The number of carbonyl (C=O) groups is 1. The smallest absolute Gasteiger partial charge is 0.279 e. The van der Waals surface area contributed by atoms with Crippen LogP contribution in [0.4, 0.5) is 0 Å². The van der Waals surface area contributed by atoms with Crippen molar-refractivity contribution in [2.24, 2.45) is 18.4 Å². The first-order chi connectivity index (χ1) is 10.6. The van der Waals surface area contributed by atoms with Gasteiger partial charge in [0.1, 0.15) is 5.56 Å². The zero-order chi connectivity index (χ0) is 17.4. The van der Waals surface area contributed by atoms with Gasteiger partial charge in [-0.3, -0.25) is 9.59 Å². The minimum absolute atomic E-state index is 0.136. The lowest BCUT2D eigenvalue weighted by atomic mass is 9.77. The van der Waals surface area contributed by atoms with Gasteiger partial charge in [-0.2, -0.15) is 5.10 Å². The largest absolute Gasteiger partial charge is 0.338 e. The van der Waals surface area contributed by atoms with Gasteiger partial charge in [0, 0.05) is 20.1 Å². The average molecular weight is 319 g/mol. The zero-order valence-electron chi connectivity index (χ0n) is 15.3. The fraction of sp³-hybridized carbons (Fsp3) is 0.722. The maximum absolute atomic E-state index is 12.9. The Kier molecular flexibility index (Phi) is 4.97. The Hall–Kier alpha value is -1.65. The van der Waals surface area contributed by atoms with E-state index in [2.05, 4.69) is 25.9 Å². The van der Waals surface area contributed by atoms with Crippen molar-refractivity contribution in [2.45, 2.75) is 53.9 Å². The predicted octanol–water partition coefficient (Wildman–Crippen LogP) is 2.69. The van der Waals surface area contributed by atoms with E-state index >= 15 is 0 Å². The van der Waals surface area contributed by atoms with E-state index in [1.54, 1.807) is 7.05 Å². The standard InChI is InChI=1S/C18H29N3O2/c1-12-13(2)19-20(6)16(22)15(12)17(23)21-10-7-8-14(9-11-21)18(3,4)5/h14H,7-11H2,1-6H3. The van der Waals surface area contributed by atoms with Gasteiger partial charge in [-0.05, 0) is 50.0 Å². The van der Waals surface area contributed by atoms with Crippen molar-refractivity contribution in [1.82, 2.24) is 14.7 Å². The SMILES string of the molecule is Cc1nn(C)c(=O)c(C(=O)N2CCCC(C(C)(C)C)CC2)c1C. The van der Waals surface area contributed by atoms with Gasteiger partial charge in [0.15, 0.2) is 0 Å². The van der Waals surface area contributed by atoms with E-state index < -0.39 is 0 Å². The van der Waals surface area contributed by atoms with Gasteiger partial charge in [-0.15, -0.1) is 0 Å². The van der Waals surface area contributed by atoms with E-state index in [0.29, 0.717) is 11.5 Å². The van der Waals surface area contributed by atoms with Gasteiger partial charge in [0.25, 0.3) is 11.5 Å². The van der Waals surface area contributed by atoms with Crippen LogP contribution < -0.4 is 5.56 Å². The van der Waals surface area contributed by atoms with Gasteiger partial charge < -0.3 is 4.90 Å². The number of aryl methyl sites for hydroxylation is 2. The van der Waals surface area contributed by atoms with Crippen LogP contribution in [-0.2, 0) is 7.05 Å². The molecule has 0 aliphatic carbocycles. The maximum atomic E-state index is 12.9. The second-order valence-corrected chi connectivity index (χ2v) is 7.80. The van der Waals surface area contributed by atoms with Crippen molar-refractivity contribution in [1.29, 1.82) is 0 Å². The second-order valence-electron chi connectivity index (χ2n) is 7.80. The molecule has 0 radical (unpaired) electrons. The lowest BCUT2D eigenvalue weighted by molar-refractivity contribution is 0.0752. The highest BCUT2D eigenvalue weighted by atomic mass is 16.2. The molecule has 5 nitrogen and oxygen atoms in total. The van der Waals surface area contributed by atoms with E-state index in [1.807, 2.05) is 18.7 Å². The van der Waals surface area contributed by atoms with Gasteiger partial charge in [0.05, 0.1) is 5.69 Å². The number of carbonyl (C=O) groups excluding carboxylic acids is 1. The van der Waals surface area contributed by atoms with Crippen LogP contribution in [0.25, 0.3) is 0 Å². The number of hydrogen-bond donors (Lipinski definition) is 0. The Balaban J connectivity index is 2.27. The third kappa shape index (κ3) is 3.65. The molecule has 0 aromatic carbocycles. The zero-order valence-corrected chi connectivity index (χ0v) is 15.3. The number of nitrogens with zero attached hydrogens (tertiary/aromatic N) is 3.